The van der Waals surface area contributed by atoms with Gasteiger partial charge in [-0.3, -0.25) is 5.10 Å². The smallest absolute Gasteiger partial charge is 0.132 e. The molecule has 0 saturated heterocycles. The van der Waals surface area contributed by atoms with E-state index in [-0.39, 0.29) is 0 Å². The van der Waals surface area contributed by atoms with Crippen molar-refractivity contribution >= 4 is 27.5 Å². The first-order valence-electron chi connectivity index (χ1n) is 4.14. The third-order valence-corrected chi connectivity index (χ3v) is 2.86. The second kappa shape index (κ2) is 3.75. The van der Waals surface area contributed by atoms with Gasteiger partial charge in [0.25, 0.3) is 0 Å². The highest BCUT2D eigenvalue weighted by atomic mass is 79.9. The van der Waals surface area contributed by atoms with Crippen LogP contribution in [-0.4, -0.2) is 10.2 Å². The number of nitrogens with one attached hydrogen (secondary N) is 1. The lowest BCUT2D eigenvalue weighted by Gasteiger charge is -2.03. The van der Waals surface area contributed by atoms with E-state index >= 15 is 0 Å². The Hall–Kier alpha value is -0.800. The van der Waals surface area contributed by atoms with E-state index in [4.69, 9.17) is 11.6 Å². The van der Waals surface area contributed by atoms with E-state index in [1.165, 1.54) is 5.56 Å². The van der Waals surface area contributed by atoms with E-state index in [0.29, 0.717) is 5.15 Å². The number of nitrogens with zero attached hydrogens (tertiary/aromatic N) is 1. The maximum Gasteiger partial charge on any atom is 0.132 e. The van der Waals surface area contributed by atoms with Crippen LogP contribution in [0.4, 0.5) is 0 Å². The summed E-state index contributed by atoms with van der Waals surface area (Å²) < 4.78 is 1.04. The molecule has 0 bridgehead atoms. The maximum atomic E-state index is 5.97. The maximum absolute atomic E-state index is 5.97. The zero-order valence-corrected chi connectivity index (χ0v) is 9.85. The van der Waals surface area contributed by atoms with Crippen LogP contribution in [0, 0.1) is 6.92 Å². The Bertz CT molecular complexity index is 465. The fraction of sp³-hybridized carbons (Fsp3) is 0.100. The van der Waals surface area contributed by atoms with Crippen molar-refractivity contribution in [1.29, 1.82) is 0 Å². The summed E-state index contributed by atoms with van der Waals surface area (Å²) in [6, 6.07) is 6.08. The Morgan fingerprint density at radius 2 is 2.14 bits per heavy atom. The Morgan fingerprint density at radius 1 is 1.36 bits per heavy atom. The van der Waals surface area contributed by atoms with Gasteiger partial charge in [0.1, 0.15) is 5.15 Å². The number of hydrogen-bond donors (Lipinski definition) is 1. The van der Waals surface area contributed by atoms with Gasteiger partial charge in [-0.05, 0) is 30.2 Å². The van der Waals surface area contributed by atoms with Gasteiger partial charge in [-0.15, -0.1) is 0 Å². The molecule has 1 heterocycles. The molecule has 0 radical (unpaired) electrons. The Kier molecular flexibility index (Phi) is 2.61. The lowest BCUT2D eigenvalue weighted by atomic mass is 10.0. The molecule has 14 heavy (non-hydrogen) atoms. The predicted molar refractivity (Wildman–Crippen MR) is 61.5 cm³/mol. The van der Waals surface area contributed by atoms with Crippen LogP contribution in [0.15, 0.2) is 28.9 Å². The Morgan fingerprint density at radius 3 is 2.79 bits per heavy atom. The summed E-state index contributed by atoms with van der Waals surface area (Å²) in [7, 11) is 0. The third-order valence-electron chi connectivity index (χ3n) is 2.08. The van der Waals surface area contributed by atoms with Gasteiger partial charge in [0.15, 0.2) is 0 Å². The van der Waals surface area contributed by atoms with Gasteiger partial charge in [0.2, 0.25) is 0 Å². The van der Waals surface area contributed by atoms with Crippen LogP contribution in [-0.2, 0) is 0 Å². The molecule has 72 valence electrons. The lowest BCUT2D eigenvalue weighted by Crippen LogP contribution is -1.81. The first kappa shape index (κ1) is 9.74. The second-order valence-electron chi connectivity index (χ2n) is 3.06. The third kappa shape index (κ3) is 1.70. The average Bonchev–Trinajstić information content (AvgIpc) is 2.56. The number of hydrogen-bond acceptors (Lipinski definition) is 1. The molecule has 2 nitrogen and oxygen atoms in total. The second-order valence-corrected chi connectivity index (χ2v) is 4.35. The lowest BCUT2D eigenvalue weighted by molar-refractivity contribution is 1.09. The minimum Gasteiger partial charge on any atom is -0.267 e. The molecule has 1 aromatic carbocycles. The highest BCUT2D eigenvalue weighted by Gasteiger charge is 2.08. The van der Waals surface area contributed by atoms with Crippen LogP contribution in [0.25, 0.3) is 11.1 Å². The van der Waals surface area contributed by atoms with Crippen LogP contribution >= 0.6 is 27.5 Å². The number of benzene rings is 1. The van der Waals surface area contributed by atoms with Crippen LogP contribution in [0.5, 0.6) is 0 Å². The van der Waals surface area contributed by atoms with Crippen molar-refractivity contribution in [3.8, 4) is 11.1 Å². The van der Waals surface area contributed by atoms with Crippen LogP contribution in [0.2, 0.25) is 5.15 Å². The predicted octanol–water partition coefficient (Wildman–Crippen LogP) is 3.80. The molecule has 0 spiro atoms. The van der Waals surface area contributed by atoms with E-state index < -0.39 is 0 Å². The number of rotatable bonds is 1. The minimum absolute atomic E-state index is 0.575. The molecule has 1 aromatic heterocycles. The number of H-pyrrole nitrogens is 1. The largest absolute Gasteiger partial charge is 0.267 e. The summed E-state index contributed by atoms with van der Waals surface area (Å²) >= 11 is 9.40. The van der Waals surface area contributed by atoms with E-state index in [1.54, 1.807) is 6.20 Å². The molecule has 0 amide bonds. The van der Waals surface area contributed by atoms with Crippen LogP contribution < -0.4 is 0 Å². The Labute approximate surface area is 95.4 Å². The monoisotopic (exact) mass is 270 g/mol. The molecule has 0 aliphatic heterocycles. The number of halogens is 2. The summed E-state index contributed by atoms with van der Waals surface area (Å²) in [4.78, 5) is 0. The van der Waals surface area contributed by atoms with E-state index in [1.807, 2.05) is 25.1 Å². The molecule has 2 aromatic rings. The topological polar surface area (TPSA) is 28.7 Å². The zero-order chi connectivity index (χ0) is 10.1. The SMILES string of the molecule is Cc1ccc(Br)cc1-c1cn[nH]c1Cl. The van der Waals surface area contributed by atoms with Gasteiger partial charge >= 0.3 is 0 Å². The van der Waals surface area contributed by atoms with Crippen molar-refractivity contribution in [3.63, 3.8) is 0 Å². The average molecular weight is 272 g/mol. The van der Waals surface area contributed by atoms with Crippen molar-refractivity contribution in [2.45, 2.75) is 6.92 Å². The summed E-state index contributed by atoms with van der Waals surface area (Å²) in [6.07, 6.45) is 1.73. The molecule has 0 aliphatic rings. The number of aromatic amines is 1. The quantitative estimate of drug-likeness (QED) is 0.839. The molecule has 0 fully saturated rings. The zero-order valence-electron chi connectivity index (χ0n) is 7.51. The van der Waals surface area contributed by atoms with E-state index in [2.05, 4.69) is 26.1 Å². The van der Waals surface area contributed by atoms with Gasteiger partial charge in [-0.1, -0.05) is 33.6 Å². The molecule has 2 rings (SSSR count). The highest BCUT2D eigenvalue weighted by molar-refractivity contribution is 9.10. The van der Waals surface area contributed by atoms with Crippen molar-refractivity contribution in [3.05, 3.63) is 39.6 Å². The molecule has 0 atom stereocenters. The summed E-state index contributed by atoms with van der Waals surface area (Å²) in [6.45, 7) is 2.05. The molecule has 1 N–H and O–H groups in total. The Balaban J connectivity index is 2.62. The van der Waals surface area contributed by atoms with Crippen molar-refractivity contribution in [2.75, 3.05) is 0 Å². The van der Waals surface area contributed by atoms with Gasteiger partial charge < -0.3 is 0 Å². The number of aromatic nitrogens is 2. The summed E-state index contributed by atoms with van der Waals surface area (Å²) in [5.74, 6) is 0. The normalized spacial score (nSPS) is 10.5. The van der Waals surface area contributed by atoms with Gasteiger partial charge in [0, 0.05) is 10.0 Å². The van der Waals surface area contributed by atoms with Gasteiger partial charge in [-0.2, -0.15) is 5.10 Å². The molecular formula is C10H8BrClN2. The first-order chi connectivity index (χ1) is 6.68. The standard InChI is InChI=1S/C10H8BrClN2/c1-6-2-3-7(11)4-8(6)9-5-13-14-10(9)12/h2-5H,1H3,(H,13,14). The summed E-state index contributed by atoms with van der Waals surface area (Å²) in [5, 5.41) is 7.19. The van der Waals surface area contributed by atoms with Crippen LogP contribution in [0.3, 0.4) is 0 Å². The van der Waals surface area contributed by atoms with Crippen LogP contribution in [0.1, 0.15) is 5.56 Å². The molecule has 0 unspecified atom stereocenters. The van der Waals surface area contributed by atoms with Crippen molar-refractivity contribution in [2.24, 2.45) is 0 Å². The molecular weight excluding hydrogens is 263 g/mol. The van der Waals surface area contributed by atoms with Crippen molar-refractivity contribution < 1.29 is 0 Å². The fourth-order valence-electron chi connectivity index (χ4n) is 1.34. The first-order valence-corrected chi connectivity index (χ1v) is 5.31. The number of aryl methyl sites for hydroxylation is 1. The van der Waals surface area contributed by atoms with E-state index in [9.17, 15) is 0 Å². The van der Waals surface area contributed by atoms with Gasteiger partial charge in [-0.25, -0.2) is 0 Å². The minimum atomic E-state index is 0.575. The highest BCUT2D eigenvalue weighted by Crippen LogP contribution is 2.30. The molecule has 4 heteroatoms. The molecule has 0 saturated carbocycles. The van der Waals surface area contributed by atoms with Gasteiger partial charge in [0.05, 0.1) is 6.20 Å². The van der Waals surface area contributed by atoms with E-state index in [0.717, 1.165) is 15.6 Å². The fourth-order valence-corrected chi connectivity index (χ4v) is 1.90. The van der Waals surface area contributed by atoms with Crippen molar-refractivity contribution in [1.82, 2.24) is 10.2 Å². The summed E-state index contributed by atoms with van der Waals surface area (Å²) in [5.41, 5.74) is 3.21. The molecule has 0 aliphatic carbocycles.